The van der Waals surface area contributed by atoms with Crippen LogP contribution in [0.25, 0.3) is 0 Å². The fraction of sp³-hybridized carbons (Fsp3) is 0.312. The monoisotopic (exact) mass is 347 g/mol. The Morgan fingerprint density at radius 2 is 1.96 bits per heavy atom. The van der Waals surface area contributed by atoms with Gasteiger partial charge in [-0.05, 0) is 12.1 Å². The molecule has 0 unspecified atom stereocenters. The zero-order valence-corrected chi connectivity index (χ0v) is 13.8. The van der Waals surface area contributed by atoms with E-state index < -0.39 is 0 Å². The third kappa shape index (κ3) is 3.93. The molecule has 2 aromatic rings. The van der Waals surface area contributed by atoms with Gasteiger partial charge in [0.25, 0.3) is 5.91 Å². The Labute approximate surface area is 144 Å². The average Bonchev–Trinajstić information content (AvgIpc) is 3.11. The van der Waals surface area contributed by atoms with Crippen molar-refractivity contribution in [2.24, 2.45) is 0 Å². The van der Waals surface area contributed by atoms with Crippen molar-refractivity contribution in [1.82, 2.24) is 20.0 Å². The van der Waals surface area contributed by atoms with Crippen LogP contribution in [-0.4, -0.2) is 64.5 Å². The number of aromatic nitrogens is 2. The molecule has 1 aromatic carbocycles. The number of hydrogen-bond acceptors (Lipinski definition) is 4. The number of carbonyl (C=O) groups excluding carboxylic acids is 2. The van der Waals surface area contributed by atoms with E-state index in [0.717, 1.165) is 0 Å². The van der Waals surface area contributed by atoms with Crippen molar-refractivity contribution in [3.8, 4) is 0 Å². The maximum atomic E-state index is 12.2. The van der Waals surface area contributed by atoms with Gasteiger partial charge in [-0.1, -0.05) is 23.7 Å². The number of amides is 2. The standard InChI is InChI=1S/C16H18ClN5O2/c17-13-3-1-2-4-14(13)20-15(23)11-21-5-7-22(8-6-21)16(24)12-9-18-19-10-12/h1-4,9-10H,5-8,11H2,(H,18,19)(H,20,23). The lowest BCUT2D eigenvalue weighted by atomic mass is 10.2. The van der Waals surface area contributed by atoms with E-state index in [1.54, 1.807) is 23.2 Å². The number of halogens is 1. The van der Waals surface area contributed by atoms with Gasteiger partial charge in [-0.2, -0.15) is 5.10 Å². The van der Waals surface area contributed by atoms with Crippen LogP contribution in [0.1, 0.15) is 10.4 Å². The van der Waals surface area contributed by atoms with Gasteiger partial charge < -0.3 is 10.2 Å². The normalized spacial score (nSPS) is 15.3. The summed E-state index contributed by atoms with van der Waals surface area (Å²) in [7, 11) is 0. The predicted molar refractivity (Wildman–Crippen MR) is 91.0 cm³/mol. The first-order valence-electron chi connectivity index (χ1n) is 7.68. The first-order valence-corrected chi connectivity index (χ1v) is 8.06. The van der Waals surface area contributed by atoms with Gasteiger partial charge in [0.2, 0.25) is 5.91 Å². The third-order valence-corrected chi connectivity index (χ3v) is 4.25. The molecular weight excluding hydrogens is 330 g/mol. The van der Waals surface area contributed by atoms with Gasteiger partial charge in [0.1, 0.15) is 0 Å². The first kappa shape index (κ1) is 16.5. The largest absolute Gasteiger partial charge is 0.336 e. The molecule has 24 heavy (non-hydrogen) atoms. The number of H-pyrrole nitrogens is 1. The number of hydrogen-bond donors (Lipinski definition) is 2. The Morgan fingerprint density at radius 3 is 2.62 bits per heavy atom. The number of rotatable bonds is 4. The smallest absolute Gasteiger partial charge is 0.257 e. The summed E-state index contributed by atoms with van der Waals surface area (Å²) in [5.74, 6) is -0.151. The van der Waals surface area contributed by atoms with Gasteiger partial charge in [-0.25, -0.2) is 0 Å². The Kier molecular flexibility index (Phi) is 5.12. The van der Waals surface area contributed by atoms with E-state index in [1.165, 1.54) is 6.20 Å². The molecular formula is C16H18ClN5O2. The number of nitrogens with one attached hydrogen (secondary N) is 2. The summed E-state index contributed by atoms with van der Waals surface area (Å²) in [5.41, 5.74) is 1.16. The summed E-state index contributed by atoms with van der Waals surface area (Å²) in [6.45, 7) is 2.75. The summed E-state index contributed by atoms with van der Waals surface area (Å²) in [5, 5.41) is 9.76. The molecule has 0 aliphatic carbocycles. The van der Waals surface area contributed by atoms with Gasteiger partial charge in [0.15, 0.2) is 0 Å². The van der Waals surface area contributed by atoms with Crippen LogP contribution in [0.3, 0.4) is 0 Å². The van der Waals surface area contributed by atoms with Crippen LogP contribution >= 0.6 is 11.6 Å². The minimum atomic E-state index is -0.113. The van der Waals surface area contributed by atoms with E-state index >= 15 is 0 Å². The number of anilines is 1. The summed E-state index contributed by atoms with van der Waals surface area (Å²) < 4.78 is 0. The second kappa shape index (κ2) is 7.46. The van der Waals surface area contributed by atoms with Gasteiger partial charge in [-0.15, -0.1) is 0 Å². The second-order valence-corrected chi connectivity index (χ2v) is 5.99. The van der Waals surface area contributed by atoms with E-state index in [4.69, 9.17) is 11.6 Å². The fourth-order valence-electron chi connectivity index (χ4n) is 2.61. The zero-order valence-electron chi connectivity index (χ0n) is 13.0. The molecule has 0 atom stereocenters. The predicted octanol–water partition coefficient (Wildman–Crippen LogP) is 1.46. The molecule has 0 saturated carbocycles. The summed E-state index contributed by atoms with van der Waals surface area (Å²) in [4.78, 5) is 28.1. The van der Waals surface area contributed by atoms with Crippen LogP contribution in [0.5, 0.6) is 0 Å². The SMILES string of the molecule is O=C(CN1CCN(C(=O)c2cn[nH]c2)CC1)Nc1ccccc1Cl. The van der Waals surface area contributed by atoms with Crippen molar-refractivity contribution >= 4 is 29.1 Å². The average molecular weight is 348 g/mol. The Bertz CT molecular complexity index is 711. The van der Waals surface area contributed by atoms with E-state index in [1.807, 2.05) is 17.0 Å². The van der Waals surface area contributed by atoms with Crippen LogP contribution in [0, 0.1) is 0 Å². The Hall–Kier alpha value is -2.38. The number of carbonyl (C=O) groups is 2. The molecule has 1 aromatic heterocycles. The van der Waals surface area contributed by atoms with E-state index in [9.17, 15) is 9.59 Å². The molecule has 1 aliphatic rings. The molecule has 7 nitrogen and oxygen atoms in total. The lowest BCUT2D eigenvalue weighted by Gasteiger charge is -2.34. The van der Waals surface area contributed by atoms with Crippen LogP contribution in [0.4, 0.5) is 5.69 Å². The number of benzene rings is 1. The van der Waals surface area contributed by atoms with Gasteiger partial charge in [-0.3, -0.25) is 19.6 Å². The van der Waals surface area contributed by atoms with Crippen molar-refractivity contribution < 1.29 is 9.59 Å². The van der Waals surface area contributed by atoms with Crippen molar-refractivity contribution in [2.75, 3.05) is 38.0 Å². The molecule has 0 bridgehead atoms. The zero-order chi connectivity index (χ0) is 16.9. The molecule has 0 spiro atoms. The van der Waals surface area contributed by atoms with Crippen molar-refractivity contribution in [3.05, 3.63) is 47.2 Å². The van der Waals surface area contributed by atoms with E-state index in [2.05, 4.69) is 15.5 Å². The highest BCUT2D eigenvalue weighted by atomic mass is 35.5. The summed E-state index contributed by atoms with van der Waals surface area (Å²) >= 11 is 6.03. The molecule has 2 amide bonds. The highest BCUT2D eigenvalue weighted by molar-refractivity contribution is 6.33. The Balaban J connectivity index is 1.48. The lowest BCUT2D eigenvalue weighted by molar-refractivity contribution is -0.117. The van der Waals surface area contributed by atoms with Crippen LogP contribution < -0.4 is 5.32 Å². The third-order valence-electron chi connectivity index (χ3n) is 3.92. The molecule has 0 radical (unpaired) electrons. The molecule has 1 saturated heterocycles. The van der Waals surface area contributed by atoms with Crippen molar-refractivity contribution in [3.63, 3.8) is 0 Å². The fourth-order valence-corrected chi connectivity index (χ4v) is 2.80. The van der Waals surface area contributed by atoms with Crippen LogP contribution in [0.15, 0.2) is 36.7 Å². The molecule has 126 valence electrons. The first-order chi connectivity index (χ1) is 11.6. The van der Waals surface area contributed by atoms with E-state index in [0.29, 0.717) is 42.5 Å². The number of para-hydroxylation sites is 1. The summed E-state index contributed by atoms with van der Waals surface area (Å²) in [6.07, 6.45) is 3.11. The minimum Gasteiger partial charge on any atom is -0.336 e. The summed E-state index contributed by atoms with van der Waals surface area (Å²) in [6, 6.07) is 7.13. The minimum absolute atomic E-state index is 0.0380. The van der Waals surface area contributed by atoms with Gasteiger partial charge in [0.05, 0.1) is 29.0 Å². The van der Waals surface area contributed by atoms with Crippen molar-refractivity contribution in [1.29, 1.82) is 0 Å². The molecule has 2 N–H and O–H groups in total. The van der Waals surface area contributed by atoms with Crippen LogP contribution in [-0.2, 0) is 4.79 Å². The van der Waals surface area contributed by atoms with Crippen molar-refractivity contribution in [2.45, 2.75) is 0 Å². The van der Waals surface area contributed by atoms with Gasteiger partial charge >= 0.3 is 0 Å². The highest BCUT2D eigenvalue weighted by Crippen LogP contribution is 2.20. The molecule has 3 rings (SSSR count). The maximum absolute atomic E-state index is 12.2. The van der Waals surface area contributed by atoms with E-state index in [-0.39, 0.29) is 18.4 Å². The van der Waals surface area contributed by atoms with Gasteiger partial charge in [0, 0.05) is 32.4 Å². The maximum Gasteiger partial charge on any atom is 0.257 e. The lowest BCUT2D eigenvalue weighted by Crippen LogP contribution is -2.50. The van der Waals surface area contributed by atoms with Crippen LogP contribution in [0.2, 0.25) is 5.02 Å². The number of aromatic amines is 1. The topological polar surface area (TPSA) is 81.3 Å². The quantitative estimate of drug-likeness (QED) is 0.877. The Morgan fingerprint density at radius 1 is 1.21 bits per heavy atom. The number of nitrogens with zero attached hydrogens (tertiary/aromatic N) is 3. The number of piperazine rings is 1. The highest BCUT2D eigenvalue weighted by Gasteiger charge is 2.23. The molecule has 1 aliphatic heterocycles. The second-order valence-electron chi connectivity index (χ2n) is 5.58. The molecule has 1 fully saturated rings. The molecule has 2 heterocycles. The molecule has 8 heteroatoms.